The van der Waals surface area contributed by atoms with Crippen molar-refractivity contribution in [3.05, 3.63) is 106 Å². The van der Waals surface area contributed by atoms with Crippen molar-refractivity contribution in [1.82, 2.24) is 5.32 Å². The summed E-state index contributed by atoms with van der Waals surface area (Å²) >= 11 is 7.41. The highest BCUT2D eigenvalue weighted by Crippen LogP contribution is 2.30. The van der Waals surface area contributed by atoms with Gasteiger partial charge < -0.3 is 19.6 Å². The molecule has 0 radical (unpaired) electrons. The van der Waals surface area contributed by atoms with Gasteiger partial charge in [0.25, 0.3) is 5.91 Å². The molecule has 1 amide bonds. The number of hydrogen-bond donors (Lipinski definition) is 2. The van der Waals surface area contributed by atoms with E-state index in [4.69, 9.17) is 20.8 Å². The summed E-state index contributed by atoms with van der Waals surface area (Å²) in [5, 5.41) is 12.3. The molecule has 1 aromatic heterocycles. The van der Waals surface area contributed by atoms with Gasteiger partial charge in [-0.05, 0) is 90.1 Å². The largest absolute Gasteiger partial charge is 0.480 e. The second-order valence-corrected chi connectivity index (χ2v) is 10.6. The minimum atomic E-state index is -1.06. The fourth-order valence-corrected chi connectivity index (χ4v) is 4.89. The predicted octanol–water partition coefficient (Wildman–Crippen LogP) is 7.37. The van der Waals surface area contributed by atoms with Crippen molar-refractivity contribution in [2.24, 2.45) is 0 Å². The molecule has 208 valence electrons. The third-order valence-corrected chi connectivity index (χ3v) is 7.29. The number of nitrogens with one attached hydrogen (secondary N) is 1. The molecule has 0 saturated heterocycles. The molecule has 40 heavy (non-hydrogen) atoms. The lowest BCUT2D eigenvalue weighted by molar-refractivity contribution is -0.139. The molecule has 1 heterocycles. The summed E-state index contributed by atoms with van der Waals surface area (Å²) in [6.07, 6.45) is 2.22. The molecular weight excluding hydrogens is 553 g/mol. The molecule has 0 saturated carbocycles. The Morgan fingerprint density at radius 3 is 2.58 bits per heavy atom. The van der Waals surface area contributed by atoms with Gasteiger partial charge in [-0.3, -0.25) is 4.79 Å². The van der Waals surface area contributed by atoms with Gasteiger partial charge in [-0.15, -0.1) is 0 Å². The first kappa shape index (κ1) is 29.4. The maximum absolute atomic E-state index is 13.5. The molecule has 3 aromatic carbocycles. The van der Waals surface area contributed by atoms with Gasteiger partial charge in [0.1, 0.15) is 30.0 Å². The van der Waals surface area contributed by atoms with E-state index in [-0.39, 0.29) is 18.2 Å². The van der Waals surface area contributed by atoms with E-state index in [1.54, 1.807) is 30.3 Å². The Labute approximate surface area is 241 Å². The minimum absolute atomic E-state index is 0.0201. The molecule has 0 aliphatic carbocycles. The molecule has 9 heteroatoms. The molecule has 4 rings (SSSR count). The molecule has 6 nitrogen and oxygen atoms in total. The Bertz CT molecular complexity index is 1500. The number of carboxylic acid groups (broad SMARTS) is 1. The molecule has 0 bridgehead atoms. The van der Waals surface area contributed by atoms with Crippen molar-refractivity contribution >= 4 is 35.2 Å². The minimum Gasteiger partial charge on any atom is -0.480 e. The fraction of sp³-hybridized carbons (Fsp3) is 0.226. The summed E-state index contributed by atoms with van der Waals surface area (Å²) < 4.78 is 25.2. The lowest BCUT2D eigenvalue weighted by Crippen LogP contribution is -2.41. The number of halogens is 2. The molecule has 1 atom stereocenters. The molecule has 0 fully saturated rings. The Kier molecular flexibility index (Phi) is 10.0. The number of carboxylic acids is 1. The Hall–Kier alpha value is -3.59. The molecule has 0 spiro atoms. The van der Waals surface area contributed by atoms with E-state index in [1.807, 2.05) is 43.5 Å². The van der Waals surface area contributed by atoms with Gasteiger partial charge in [0.15, 0.2) is 0 Å². The Balaban J connectivity index is 1.50. The predicted molar refractivity (Wildman–Crippen MR) is 156 cm³/mol. The monoisotopic (exact) mass is 581 g/mol. The summed E-state index contributed by atoms with van der Waals surface area (Å²) in [7, 11) is 0. The first-order valence-corrected chi connectivity index (χ1v) is 14.4. The van der Waals surface area contributed by atoms with E-state index in [9.17, 15) is 19.1 Å². The highest BCUT2D eigenvalue weighted by Gasteiger charge is 2.23. The van der Waals surface area contributed by atoms with Crippen molar-refractivity contribution in [1.29, 1.82) is 0 Å². The van der Waals surface area contributed by atoms with Gasteiger partial charge >= 0.3 is 5.97 Å². The molecule has 4 aromatic rings. The lowest BCUT2D eigenvalue weighted by atomic mass is 9.93. The van der Waals surface area contributed by atoms with Crippen LogP contribution in [0.4, 0.5) is 4.39 Å². The molecular formula is C31H29ClFNO5S. The first-order chi connectivity index (χ1) is 19.3. The average molecular weight is 582 g/mol. The third kappa shape index (κ3) is 7.33. The van der Waals surface area contributed by atoms with Crippen LogP contribution in [0.15, 0.2) is 77.2 Å². The summed E-state index contributed by atoms with van der Waals surface area (Å²) in [6.45, 7) is 2.42. The Morgan fingerprint density at radius 1 is 1.05 bits per heavy atom. The summed E-state index contributed by atoms with van der Waals surface area (Å²) in [5.74, 6) is -0.235. The van der Waals surface area contributed by atoms with Gasteiger partial charge in [-0.1, -0.05) is 41.9 Å². The maximum Gasteiger partial charge on any atom is 0.326 e. The summed E-state index contributed by atoms with van der Waals surface area (Å²) in [5.41, 5.74) is 4.44. The van der Waals surface area contributed by atoms with Crippen LogP contribution in [-0.4, -0.2) is 35.0 Å². The number of carbonyl (C=O) groups is 2. The van der Waals surface area contributed by atoms with Gasteiger partial charge in [0.2, 0.25) is 0 Å². The number of thioether (sulfide) groups is 1. The quantitative estimate of drug-likeness (QED) is 0.182. The van der Waals surface area contributed by atoms with Crippen LogP contribution in [0.1, 0.15) is 33.7 Å². The number of furan rings is 1. The van der Waals surface area contributed by atoms with Crippen molar-refractivity contribution in [2.45, 2.75) is 32.6 Å². The SMILES string of the molecule is CSCCC(NC(=O)c1ccc(COCc2ccc(-c3ccc(F)c(Cl)c3)o2)cc1-c1ccccc1C)C(=O)O. The molecule has 0 aliphatic heterocycles. The van der Waals surface area contributed by atoms with Gasteiger partial charge in [0, 0.05) is 11.1 Å². The molecule has 1 unspecified atom stereocenters. The summed E-state index contributed by atoms with van der Waals surface area (Å²) in [6, 6.07) is 20.1. The molecule has 2 N–H and O–H groups in total. The number of ether oxygens (including phenoxy) is 1. The van der Waals surface area contributed by atoms with Crippen LogP contribution >= 0.6 is 23.4 Å². The van der Waals surface area contributed by atoms with Crippen LogP contribution in [0.5, 0.6) is 0 Å². The van der Waals surface area contributed by atoms with Crippen molar-refractivity contribution in [3.63, 3.8) is 0 Å². The number of carbonyl (C=O) groups excluding carboxylic acids is 1. The second kappa shape index (κ2) is 13.7. The Morgan fingerprint density at radius 2 is 1.85 bits per heavy atom. The third-order valence-electron chi connectivity index (χ3n) is 6.36. The molecule has 0 aliphatic rings. The highest BCUT2D eigenvalue weighted by atomic mass is 35.5. The number of hydrogen-bond acceptors (Lipinski definition) is 5. The zero-order valence-electron chi connectivity index (χ0n) is 22.1. The number of aryl methyl sites for hydroxylation is 1. The number of amides is 1. The van der Waals surface area contributed by atoms with Crippen LogP contribution in [0.2, 0.25) is 5.02 Å². The van der Waals surface area contributed by atoms with E-state index >= 15 is 0 Å². The van der Waals surface area contributed by atoms with Crippen LogP contribution in [0.3, 0.4) is 0 Å². The topological polar surface area (TPSA) is 88.8 Å². The number of rotatable bonds is 12. The van der Waals surface area contributed by atoms with E-state index in [0.717, 1.165) is 16.7 Å². The number of benzene rings is 3. The lowest BCUT2D eigenvalue weighted by Gasteiger charge is -2.17. The van der Waals surface area contributed by atoms with Crippen molar-refractivity contribution in [3.8, 4) is 22.5 Å². The average Bonchev–Trinajstić information content (AvgIpc) is 3.41. The van der Waals surface area contributed by atoms with Crippen molar-refractivity contribution < 1.29 is 28.2 Å². The highest BCUT2D eigenvalue weighted by molar-refractivity contribution is 7.98. The van der Waals surface area contributed by atoms with E-state index in [1.165, 1.54) is 23.9 Å². The second-order valence-electron chi connectivity index (χ2n) is 9.23. The van der Waals surface area contributed by atoms with E-state index in [2.05, 4.69) is 5.32 Å². The van der Waals surface area contributed by atoms with E-state index < -0.39 is 23.7 Å². The standard InChI is InChI=1S/C31H29ClFNO5S/c1-19-5-3-4-6-23(19)25-15-20(7-10-24(25)30(35)34-28(31(36)37)13-14-40-2)17-38-18-22-9-12-29(39-22)21-8-11-27(33)26(32)16-21/h3-12,15-16,28H,13-14,17-18H2,1-2H3,(H,34,35)(H,36,37). The van der Waals surface area contributed by atoms with Gasteiger partial charge in [-0.2, -0.15) is 11.8 Å². The van der Waals surface area contributed by atoms with Crippen LogP contribution in [-0.2, 0) is 22.7 Å². The van der Waals surface area contributed by atoms with Gasteiger partial charge in [-0.25, -0.2) is 9.18 Å². The van der Waals surface area contributed by atoms with Crippen LogP contribution < -0.4 is 5.32 Å². The first-order valence-electron chi connectivity index (χ1n) is 12.6. The fourth-order valence-electron chi connectivity index (χ4n) is 4.24. The van der Waals surface area contributed by atoms with Crippen molar-refractivity contribution in [2.75, 3.05) is 12.0 Å². The normalized spacial score (nSPS) is 11.8. The zero-order chi connectivity index (χ0) is 28.6. The van der Waals surface area contributed by atoms with Crippen LogP contribution in [0.25, 0.3) is 22.5 Å². The zero-order valence-corrected chi connectivity index (χ0v) is 23.7. The van der Waals surface area contributed by atoms with E-state index in [0.29, 0.717) is 40.4 Å². The number of aliphatic carboxylic acids is 1. The van der Waals surface area contributed by atoms with Crippen LogP contribution in [0, 0.1) is 12.7 Å². The van der Waals surface area contributed by atoms with Gasteiger partial charge in [0.05, 0.1) is 11.6 Å². The summed E-state index contributed by atoms with van der Waals surface area (Å²) in [4.78, 5) is 25.0. The smallest absolute Gasteiger partial charge is 0.326 e. The maximum atomic E-state index is 13.5.